The number of fused-ring (bicyclic) bond motifs is 1. The minimum absolute atomic E-state index is 0.0821. The van der Waals surface area contributed by atoms with Crippen molar-refractivity contribution in [1.82, 2.24) is 0 Å². The second kappa shape index (κ2) is 6.89. The van der Waals surface area contributed by atoms with Crippen LogP contribution >= 0.6 is 11.6 Å². The van der Waals surface area contributed by atoms with Gasteiger partial charge in [0.2, 0.25) is 0 Å². The average molecular weight is 406 g/mol. The first kappa shape index (κ1) is 19.5. The molecule has 0 N–H and O–H groups in total. The Kier molecular flexibility index (Phi) is 4.62. The molecular weight excluding hydrogens is 382 g/mol. The van der Waals surface area contributed by atoms with E-state index in [0.29, 0.717) is 16.3 Å². The van der Waals surface area contributed by atoms with Crippen LogP contribution in [-0.2, 0) is 4.79 Å². The van der Waals surface area contributed by atoms with E-state index in [2.05, 4.69) is 50.0 Å². The molecule has 0 aromatic heterocycles. The third kappa shape index (κ3) is 3.28. The van der Waals surface area contributed by atoms with Gasteiger partial charge in [-0.3, -0.25) is 4.79 Å². The Morgan fingerprint density at radius 1 is 1.10 bits per heavy atom. The summed E-state index contributed by atoms with van der Waals surface area (Å²) < 4.78 is 0. The highest BCUT2D eigenvalue weighted by Gasteiger charge is 2.31. The van der Waals surface area contributed by atoms with Gasteiger partial charge in [-0.15, -0.1) is 0 Å². The van der Waals surface area contributed by atoms with Gasteiger partial charge >= 0.3 is 0 Å². The number of para-hydroxylation sites is 1. The number of nitrogens with zero attached hydrogens (tertiary/aromatic N) is 3. The van der Waals surface area contributed by atoms with Crippen LogP contribution in [0.1, 0.15) is 38.8 Å². The van der Waals surface area contributed by atoms with Crippen LogP contribution in [0, 0.1) is 0 Å². The third-order valence-corrected chi connectivity index (χ3v) is 6.03. The SMILES string of the molecule is CC1=CC(C)(C)N(C)c2cc(Cl)c(/C=C3\C(=O)N(c4ccccc4)N=C3C)cc21. The van der Waals surface area contributed by atoms with E-state index in [9.17, 15) is 4.79 Å². The number of benzene rings is 2. The van der Waals surface area contributed by atoms with Crippen LogP contribution in [-0.4, -0.2) is 24.2 Å². The molecule has 29 heavy (non-hydrogen) atoms. The van der Waals surface area contributed by atoms with Crippen LogP contribution in [0.3, 0.4) is 0 Å². The van der Waals surface area contributed by atoms with E-state index in [-0.39, 0.29) is 11.4 Å². The van der Waals surface area contributed by atoms with Gasteiger partial charge in [0.15, 0.2) is 0 Å². The number of hydrogen-bond acceptors (Lipinski definition) is 3. The number of carbonyl (C=O) groups is 1. The quantitative estimate of drug-likeness (QED) is 0.594. The van der Waals surface area contributed by atoms with E-state index >= 15 is 0 Å². The summed E-state index contributed by atoms with van der Waals surface area (Å²) in [6.07, 6.45) is 4.10. The molecule has 2 aliphatic heterocycles. The number of amides is 1. The first-order valence-corrected chi connectivity index (χ1v) is 10.0. The Bertz CT molecular complexity index is 1100. The second-order valence-corrected chi connectivity index (χ2v) is 8.53. The molecule has 0 aliphatic carbocycles. The van der Waals surface area contributed by atoms with E-state index in [1.807, 2.05) is 49.4 Å². The fraction of sp³-hybridized carbons (Fsp3) is 0.250. The van der Waals surface area contributed by atoms with Crippen molar-refractivity contribution in [1.29, 1.82) is 0 Å². The van der Waals surface area contributed by atoms with Gasteiger partial charge in [0, 0.05) is 23.3 Å². The first-order chi connectivity index (χ1) is 13.7. The number of halogens is 1. The number of hydrogen-bond donors (Lipinski definition) is 0. The van der Waals surface area contributed by atoms with E-state index in [4.69, 9.17) is 11.6 Å². The largest absolute Gasteiger partial charge is 0.365 e. The van der Waals surface area contributed by atoms with Crippen molar-refractivity contribution in [3.63, 3.8) is 0 Å². The summed E-state index contributed by atoms with van der Waals surface area (Å²) in [6.45, 7) is 8.32. The number of likely N-dealkylation sites (N-methyl/N-ethyl adjacent to an activating group) is 1. The molecule has 0 saturated heterocycles. The number of hydrazone groups is 1. The summed E-state index contributed by atoms with van der Waals surface area (Å²) in [7, 11) is 2.07. The Hall–Kier alpha value is -2.85. The maximum absolute atomic E-state index is 13.0. The van der Waals surface area contributed by atoms with Gasteiger partial charge in [-0.2, -0.15) is 10.1 Å². The lowest BCUT2D eigenvalue weighted by Gasteiger charge is -2.40. The molecule has 4 nitrogen and oxygen atoms in total. The normalized spacial score (nSPS) is 19.4. The summed E-state index contributed by atoms with van der Waals surface area (Å²) >= 11 is 6.64. The molecule has 0 atom stereocenters. The summed E-state index contributed by atoms with van der Waals surface area (Å²) in [6, 6.07) is 13.5. The molecule has 0 bridgehead atoms. The molecule has 148 valence electrons. The Labute approximate surface area is 176 Å². The number of rotatable bonds is 2. The van der Waals surface area contributed by atoms with Crippen LogP contribution in [0.2, 0.25) is 5.02 Å². The van der Waals surface area contributed by atoms with Crippen molar-refractivity contribution in [2.75, 3.05) is 17.0 Å². The predicted molar refractivity (Wildman–Crippen MR) is 123 cm³/mol. The van der Waals surface area contributed by atoms with Gasteiger partial charge in [0.1, 0.15) is 0 Å². The molecular formula is C24H24ClN3O. The molecule has 0 unspecified atom stereocenters. The van der Waals surface area contributed by atoms with Crippen molar-refractivity contribution in [3.05, 3.63) is 70.3 Å². The summed E-state index contributed by atoms with van der Waals surface area (Å²) in [5.41, 5.74) is 6.15. The minimum Gasteiger partial charge on any atom is -0.365 e. The lowest BCUT2D eigenvalue weighted by Crippen LogP contribution is -2.42. The van der Waals surface area contributed by atoms with Crippen LogP contribution in [0.4, 0.5) is 11.4 Å². The molecule has 2 heterocycles. The summed E-state index contributed by atoms with van der Waals surface area (Å²) in [5, 5.41) is 6.51. The maximum Gasteiger partial charge on any atom is 0.280 e. The Morgan fingerprint density at radius 3 is 2.48 bits per heavy atom. The zero-order valence-corrected chi connectivity index (χ0v) is 18.1. The molecule has 2 aromatic rings. The monoisotopic (exact) mass is 405 g/mol. The number of allylic oxidation sites excluding steroid dienone is 1. The molecule has 0 spiro atoms. The molecule has 0 radical (unpaired) electrons. The molecule has 0 saturated carbocycles. The fourth-order valence-corrected chi connectivity index (χ4v) is 4.09. The maximum atomic E-state index is 13.0. The molecule has 4 rings (SSSR count). The van der Waals surface area contributed by atoms with Crippen molar-refractivity contribution in [2.24, 2.45) is 5.10 Å². The van der Waals surface area contributed by atoms with Crippen molar-refractivity contribution < 1.29 is 4.79 Å². The highest BCUT2D eigenvalue weighted by molar-refractivity contribution is 6.35. The molecule has 0 fully saturated rings. The van der Waals surface area contributed by atoms with Gasteiger partial charge in [-0.05, 0) is 69.2 Å². The predicted octanol–water partition coefficient (Wildman–Crippen LogP) is 5.78. The summed E-state index contributed by atoms with van der Waals surface area (Å²) in [4.78, 5) is 15.2. The van der Waals surface area contributed by atoms with Crippen LogP contribution in [0.25, 0.3) is 11.6 Å². The van der Waals surface area contributed by atoms with Crippen LogP contribution in [0.15, 0.2) is 59.2 Å². The third-order valence-electron chi connectivity index (χ3n) is 5.70. The molecule has 5 heteroatoms. The minimum atomic E-state index is -0.145. The summed E-state index contributed by atoms with van der Waals surface area (Å²) in [5.74, 6) is -0.145. The second-order valence-electron chi connectivity index (χ2n) is 8.13. The van der Waals surface area contributed by atoms with Gasteiger partial charge in [-0.1, -0.05) is 35.9 Å². The highest BCUT2D eigenvalue weighted by Crippen LogP contribution is 2.41. The van der Waals surface area contributed by atoms with Crippen LogP contribution in [0.5, 0.6) is 0 Å². The lowest BCUT2D eigenvalue weighted by atomic mass is 9.88. The fourth-order valence-electron chi connectivity index (χ4n) is 3.88. The molecule has 2 aromatic carbocycles. The average Bonchev–Trinajstić information content (AvgIpc) is 2.96. The molecule has 2 aliphatic rings. The highest BCUT2D eigenvalue weighted by atomic mass is 35.5. The zero-order valence-electron chi connectivity index (χ0n) is 17.3. The topological polar surface area (TPSA) is 35.9 Å². The number of anilines is 2. The Balaban J connectivity index is 1.76. The van der Waals surface area contributed by atoms with Gasteiger partial charge in [0.05, 0.1) is 22.5 Å². The Morgan fingerprint density at radius 2 is 1.79 bits per heavy atom. The van der Waals surface area contributed by atoms with E-state index in [0.717, 1.165) is 22.5 Å². The van der Waals surface area contributed by atoms with E-state index in [1.54, 1.807) is 0 Å². The lowest BCUT2D eigenvalue weighted by molar-refractivity contribution is -0.114. The van der Waals surface area contributed by atoms with Crippen molar-refractivity contribution in [2.45, 2.75) is 33.2 Å². The van der Waals surface area contributed by atoms with Gasteiger partial charge in [0.25, 0.3) is 5.91 Å². The van der Waals surface area contributed by atoms with Crippen molar-refractivity contribution in [3.8, 4) is 0 Å². The van der Waals surface area contributed by atoms with Crippen molar-refractivity contribution >= 4 is 46.2 Å². The number of carbonyl (C=O) groups excluding carboxylic acids is 1. The smallest absolute Gasteiger partial charge is 0.280 e. The standard InChI is InChI=1S/C24H24ClN3O/c1-15-14-24(3,4)27(5)22-13-21(25)17(11-19(15)22)12-20-16(2)26-28(23(20)29)18-9-7-6-8-10-18/h6-14H,1-5H3/b20-12-. The first-order valence-electron chi connectivity index (χ1n) is 9.63. The zero-order chi connectivity index (χ0) is 20.9. The van der Waals surface area contributed by atoms with Gasteiger partial charge in [-0.25, -0.2) is 0 Å². The van der Waals surface area contributed by atoms with Gasteiger partial charge < -0.3 is 4.90 Å². The van der Waals surface area contributed by atoms with E-state index in [1.165, 1.54) is 10.6 Å². The van der Waals surface area contributed by atoms with E-state index < -0.39 is 0 Å². The van der Waals surface area contributed by atoms with Crippen LogP contribution < -0.4 is 9.91 Å². The molecule has 1 amide bonds.